The Morgan fingerprint density at radius 3 is 2.79 bits per heavy atom. The molecule has 1 aromatic carbocycles. The summed E-state index contributed by atoms with van der Waals surface area (Å²) < 4.78 is 0.794. The molecule has 0 spiro atoms. The number of H-pyrrole nitrogens is 1. The van der Waals surface area contributed by atoms with Crippen molar-refractivity contribution in [1.29, 1.82) is 0 Å². The summed E-state index contributed by atoms with van der Waals surface area (Å²) in [5.74, 6) is 0.519. The van der Waals surface area contributed by atoms with Gasteiger partial charge in [-0.15, -0.1) is 0 Å². The maximum atomic E-state index is 13.2. The van der Waals surface area contributed by atoms with Crippen molar-refractivity contribution < 1.29 is 14.6 Å². The van der Waals surface area contributed by atoms with Gasteiger partial charge in [-0.3, -0.25) is 4.79 Å². The molecule has 38 heavy (non-hydrogen) atoms. The highest BCUT2D eigenvalue weighted by atomic mass is 35.5. The van der Waals surface area contributed by atoms with Crippen molar-refractivity contribution in [2.45, 2.75) is 48.9 Å². The highest BCUT2D eigenvalue weighted by Gasteiger charge is 2.32. The van der Waals surface area contributed by atoms with Gasteiger partial charge in [0.15, 0.2) is 5.16 Å². The Balaban J connectivity index is 1.37. The fraction of sp³-hybridized carbons (Fsp3) is 0.385. The largest absolute Gasteiger partial charge is 0.618 e. The maximum absolute atomic E-state index is 13.2. The number of halogens is 1. The lowest BCUT2D eigenvalue weighted by Crippen LogP contribution is -2.54. The van der Waals surface area contributed by atoms with Gasteiger partial charge in [-0.1, -0.05) is 18.5 Å². The van der Waals surface area contributed by atoms with E-state index in [0.717, 1.165) is 45.9 Å². The number of aliphatic hydroxyl groups is 1. The summed E-state index contributed by atoms with van der Waals surface area (Å²) in [6.07, 6.45) is 1.12. The average Bonchev–Trinajstić information content (AvgIpc) is 3.46. The number of carbonyl (C=O) groups excluding carboxylic acids is 1. The molecule has 10 nitrogen and oxygen atoms in total. The van der Waals surface area contributed by atoms with Crippen LogP contribution in [0.1, 0.15) is 35.1 Å². The minimum absolute atomic E-state index is 0.0821. The standard InChI is InChI=1S/C26H28ClN7O3S/c1-3-19-22(27)21-23(29-19)30-26(31-24(21)32-7-6-15(28)10-32)38-17-5-4-14-8-18(13(2)34(37)20(14)9-17)25(36)33-11-16(35)12-33/h4-5,8-9,15-16,35H,3,6-7,10-12,28H2,1-2H3,(H,29,30,31)/t15-/m1/s1. The Labute approximate surface area is 228 Å². The summed E-state index contributed by atoms with van der Waals surface area (Å²) in [5, 5.41) is 25.4. The number of aliphatic hydroxyl groups excluding tert-OH is 1. The summed E-state index contributed by atoms with van der Waals surface area (Å²) >= 11 is 8.07. The second kappa shape index (κ2) is 9.57. The van der Waals surface area contributed by atoms with E-state index in [1.54, 1.807) is 19.1 Å². The molecule has 0 aliphatic carbocycles. The predicted octanol–water partition coefficient (Wildman–Crippen LogP) is 2.77. The molecule has 3 aromatic heterocycles. The molecule has 0 unspecified atom stereocenters. The van der Waals surface area contributed by atoms with Gasteiger partial charge >= 0.3 is 0 Å². The second-order valence-corrected chi connectivity index (χ2v) is 11.4. The Kier molecular flexibility index (Phi) is 6.34. The SMILES string of the molecule is CCc1[nH]c2nc(Sc3ccc4cc(C(=O)N5CC(O)C5)c(C)[n+]([O-])c4c3)nc(N3CC[C@@H](N)C3)c2c1Cl. The van der Waals surface area contributed by atoms with Gasteiger partial charge in [0.25, 0.3) is 5.91 Å². The molecule has 2 aliphatic heterocycles. The molecule has 1 atom stereocenters. The first kappa shape index (κ1) is 25.2. The summed E-state index contributed by atoms with van der Waals surface area (Å²) in [6.45, 7) is 5.73. The summed E-state index contributed by atoms with van der Waals surface area (Å²) in [6, 6.07) is 7.33. The summed E-state index contributed by atoms with van der Waals surface area (Å²) in [5.41, 5.74) is 8.89. The van der Waals surface area contributed by atoms with Crippen LogP contribution in [0.5, 0.6) is 0 Å². The molecule has 4 aromatic rings. The second-order valence-electron chi connectivity index (χ2n) is 9.94. The number of hydrogen-bond donors (Lipinski definition) is 3. The third kappa shape index (κ3) is 4.23. The molecule has 0 saturated carbocycles. The summed E-state index contributed by atoms with van der Waals surface area (Å²) in [4.78, 5) is 30.3. The van der Waals surface area contributed by atoms with Crippen LogP contribution in [0.3, 0.4) is 0 Å². The van der Waals surface area contributed by atoms with E-state index in [-0.39, 0.29) is 25.0 Å². The summed E-state index contributed by atoms with van der Waals surface area (Å²) in [7, 11) is 0. The molecule has 1 amide bonds. The van der Waals surface area contributed by atoms with E-state index in [4.69, 9.17) is 27.3 Å². The van der Waals surface area contributed by atoms with Crippen LogP contribution in [-0.2, 0) is 6.42 Å². The van der Waals surface area contributed by atoms with Crippen LogP contribution < -0.4 is 15.4 Å². The van der Waals surface area contributed by atoms with Crippen LogP contribution in [0, 0.1) is 12.1 Å². The van der Waals surface area contributed by atoms with Crippen molar-refractivity contribution >= 4 is 57.0 Å². The Hall–Kier alpha value is -3.12. The van der Waals surface area contributed by atoms with Crippen molar-refractivity contribution in [3.63, 3.8) is 0 Å². The number of pyridine rings is 1. The first-order valence-electron chi connectivity index (χ1n) is 12.6. The number of anilines is 1. The first-order chi connectivity index (χ1) is 18.2. The molecule has 5 heterocycles. The molecule has 2 fully saturated rings. The number of rotatable bonds is 5. The molecule has 6 rings (SSSR count). The predicted molar refractivity (Wildman–Crippen MR) is 147 cm³/mol. The van der Waals surface area contributed by atoms with Gasteiger partial charge in [-0.2, -0.15) is 4.73 Å². The van der Waals surface area contributed by atoms with Gasteiger partial charge in [0.1, 0.15) is 17.0 Å². The molecule has 0 bridgehead atoms. The van der Waals surface area contributed by atoms with Crippen LogP contribution in [0.25, 0.3) is 21.9 Å². The molecule has 4 N–H and O–H groups in total. The normalized spacial score (nSPS) is 18.1. The van der Waals surface area contributed by atoms with E-state index in [1.807, 2.05) is 19.1 Å². The van der Waals surface area contributed by atoms with E-state index in [9.17, 15) is 15.1 Å². The van der Waals surface area contributed by atoms with Gasteiger partial charge in [0.05, 0.1) is 16.5 Å². The van der Waals surface area contributed by atoms with E-state index in [0.29, 0.717) is 44.5 Å². The van der Waals surface area contributed by atoms with E-state index >= 15 is 0 Å². The lowest BCUT2D eigenvalue weighted by atomic mass is 10.1. The molecular weight excluding hydrogens is 526 g/mol. The number of amides is 1. The van der Waals surface area contributed by atoms with Crippen molar-refractivity contribution in [2.75, 3.05) is 31.1 Å². The van der Waals surface area contributed by atoms with Gasteiger partial charge in [0.2, 0.25) is 11.2 Å². The van der Waals surface area contributed by atoms with Crippen LogP contribution in [-0.4, -0.2) is 69.2 Å². The van der Waals surface area contributed by atoms with E-state index in [1.165, 1.54) is 16.7 Å². The molecule has 2 saturated heterocycles. The number of β-amino-alcohol motifs (C(OH)–C–C–N with tert-alkyl or cyclic N) is 1. The third-order valence-electron chi connectivity index (χ3n) is 7.30. The van der Waals surface area contributed by atoms with E-state index in [2.05, 4.69) is 9.88 Å². The van der Waals surface area contributed by atoms with Crippen LogP contribution in [0.4, 0.5) is 5.82 Å². The quantitative estimate of drug-likeness (QED) is 0.195. The molecular formula is C26H28ClN7O3S. The average molecular weight is 554 g/mol. The number of nitrogens with one attached hydrogen (secondary N) is 1. The Morgan fingerprint density at radius 2 is 2.11 bits per heavy atom. The number of aromatic amines is 1. The van der Waals surface area contributed by atoms with Gasteiger partial charge in [0, 0.05) is 61.2 Å². The van der Waals surface area contributed by atoms with Crippen molar-refractivity contribution in [1.82, 2.24) is 19.9 Å². The van der Waals surface area contributed by atoms with Gasteiger partial charge < -0.3 is 30.8 Å². The molecule has 2 aliphatic rings. The molecule has 198 valence electrons. The van der Waals surface area contributed by atoms with Crippen molar-refractivity contribution in [3.05, 3.63) is 51.4 Å². The lowest BCUT2D eigenvalue weighted by molar-refractivity contribution is -0.584. The number of nitrogens with two attached hydrogens (primary N) is 1. The Bertz CT molecular complexity index is 1590. The fourth-order valence-corrected chi connectivity index (χ4v) is 6.26. The van der Waals surface area contributed by atoms with Gasteiger partial charge in [-0.05, 0) is 42.8 Å². The third-order valence-corrected chi connectivity index (χ3v) is 8.58. The van der Waals surface area contributed by atoms with Crippen molar-refractivity contribution in [2.24, 2.45) is 5.73 Å². The van der Waals surface area contributed by atoms with Crippen molar-refractivity contribution in [3.8, 4) is 0 Å². The number of aromatic nitrogens is 4. The Morgan fingerprint density at radius 1 is 1.32 bits per heavy atom. The molecule has 12 heteroatoms. The topological polar surface area (TPSA) is 138 Å². The monoisotopic (exact) mass is 553 g/mol. The lowest BCUT2D eigenvalue weighted by Gasteiger charge is -2.35. The van der Waals surface area contributed by atoms with Crippen LogP contribution in [0.15, 0.2) is 34.3 Å². The van der Waals surface area contributed by atoms with Gasteiger partial charge in [-0.25, -0.2) is 9.97 Å². The van der Waals surface area contributed by atoms with E-state index < -0.39 is 6.10 Å². The number of likely N-dealkylation sites (tertiary alicyclic amines) is 1. The minimum atomic E-state index is -0.501. The first-order valence-corrected chi connectivity index (χ1v) is 13.8. The molecule has 0 radical (unpaired) electrons. The number of carbonyl (C=O) groups is 1. The fourth-order valence-electron chi connectivity index (χ4n) is 5.12. The smallest absolute Gasteiger partial charge is 0.260 e. The number of nitrogens with zero attached hydrogens (tertiary/aromatic N) is 5. The maximum Gasteiger partial charge on any atom is 0.260 e. The van der Waals surface area contributed by atoms with Crippen LogP contribution >= 0.6 is 23.4 Å². The number of aryl methyl sites for hydroxylation is 1. The number of fused-ring (bicyclic) bond motifs is 2. The number of benzene rings is 1. The zero-order valence-corrected chi connectivity index (χ0v) is 22.6. The zero-order valence-electron chi connectivity index (χ0n) is 21.1. The number of hydrogen-bond acceptors (Lipinski definition) is 8. The van der Waals surface area contributed by atoms with Crippen LogP contribution in [0.2, 0.25) is 5.02 Å². The highest BCUT2D eigenvalue weighted by Crippen LogP contribution is 2.38. The zero-order chi connectivity index (χ0) is 26.7. The minimum Gasteiger partial charge on any atom is -0.618 e. The highest BCUT2D eigenvalue weighted by molar-refractivity contribution is 7.99.